The van der Waals surface area contributed by atoms with E-state index < -0.39 is 36.4 Å². The van der Waals surface area contributed by atoms with E-state index in [-0.39, 0.29) is 31.5 Å². The van der Waals surface area contributed by atoms with Crippen molar-refractivity contribution in [3.8, 4) is 0 Å². The van der Waals surface area contributed by atoms with Crippen LogP contribution in [0, 0.1) is 11.8 Å². The molecule has 1 rings (SSSR count). The molecule has 0 aliphatic heterocycles. The average Bonchev–Trinajstić information content (AvgIpc) is 3.03. The maximum atomic E-state index is 11.7. The molecule has 0 aromatic rings. The summed E-state index contributed by atoms with van der Waals surface area (Å²) in [5, 5.41) is 40.3. The molecule has 0 unspecified atom stereocenters. The summed E-state index contributed by atoms with van der Waals surface area (Å²) in [6.45, 7) is 2.97. The molecule has 0 heterocycles. The van der Waals surface area contributed by atoms with Gasteiger partial charge < -0.3 is 29.9 Å². The summed E-state index contributed by atoms with van der Waals surface area (Å²) in [5.41, 5.74) is 0. The average molecular weight is 473 g/mol. The van der Waals surface area contributed by atoms with Crippen LogP contribution in [0.3, 0.4) is 0 Å². The van der Waals surface area contributed by atoms with Crippen molar-refractivity contribution >= 4 is 11.9 Å². The van der Waals surface area contributed by atoms with Crippen molar-refractivity contribution < 1.29 is 39.5 Å². The van der Waals surface area contributed by atoms with E-state index in [1.165, 1.54) is 6.92 Å². The number of hydrogen-bond acceptors (Lipinski definition) is 8. The van der Waals surface area contributed by atoms with Crippen LogP contribution in [0.4, 0.5) is 0 Å². The zero-order chi connectivity index (χ0) is 24.6. The molecule has 33 heavy (non-hydrogen) atoms. The van der Waals surface area contributed by atoms with Crippen LogP contribution in [0.1, 0.15) is 84.5 Å². The zero-order valence-corrected chi connectivity index (χ0v) is 20.2. The second kappa shape index (κ2) is 17.0. The van der Waals surface area contributed by atoms with E-state index in [9.17, 15) is 30.0 Å². The highest BCUT2D eigenvalue weighted by atomic mass is 16.6. The monoisotopic (exact) mass is 472 g/mol. The van der Waals surface area contributed by atoms with Crippen molar-refractivity contribution in [1.29, 1.82) is 0 Å². The van der Waals surface area contributed by atoms with Crippen LogP contribution in [-0.4, -0.2) is 70.0 Å². The number of aliphatic hydroxyl groups excluding tert-OH is 4. The fraction of sp³-hybridized carbons (Fsp3) is 0.840. The Morgan fingerprint density at radius 2 is 1.67 bits per heavy atom. The summed E-state index contributed by atoms with van der Waals surface area (Å²) in [6, 6.07) is 0. The second-order valence-corrected chi connectivity index (χ2v) is 9.15. The summed E-state index contributed by atoms with van der Waals surface area (Å²) in [5.74, 6) is -1.06. The first kappa shape index (κ1) is 29.6. The van der Waals surface area contributed by atoms with Crippen molar-refractivity contribution in [2.45, 2.75) is 109 Å². The topological polar surface area (TPSA) is 134 Å². The molecule has 1 saturated carbocycles. The highest BCUT2D eigenvalue weighted by Crippen LogP contribution is 2.37. The maximum Gasteiger partial charge on any atom is 0.305 e. The predicted molar refractivity (Wildman–Crippen MR) is 124 cm³/mol. The standard InChI is InChI=1S/C25H44O8/c1-3-4-7-10-19(27)13-14-22-21(23(29)15-24(22)30)11-8-5-6-9-12-25(31)33-17-20(28)16-32-18(2)26/h13-14,19-24,27-30H,3-12,15-17H2,1-2H3/b14-13+/t19-,20+,21+,22+,23-,24+/m0/s1. The van der Waals surface area contributed by atoms with Gasteiger partial charge in [0.15, 0.2) is 0 Å². The molecule has 4 N–H and O–H groups in total. The third-order valence-electron chi connectivity index (χ3n) is 6.16. The van der Waals surface area contributed by atoms with Gasteiger partial charge in [-0.25, -0.2) is 0 Å². The van der Waals surface area contributed by atoms with Crippen LogP contribution in [-0.2, 0) is 19.1 Å². The normalized spacial score (nSPS) is 24.7. The minimum Gasteiger partial charge on any atom is -0.463 e. The first-order valence-electron chi connectivity index (χ1n) is 12.4. The molecular formula is C25H44O8. The van der Waals surface area contributed by atoms with Gasteiger partial charge in [0.2, 0.25) is 0 Å². The zero-order valence-electron chi connectivity index (χ0n) is 20.2. The number of unbranched alkanes of at least 4 members (excludes halogenated alkanes) is 5. The molecule has 0 aromatic carbocycles. The highest BCUT2D eigenvalue weighted by Gasteiger charge is 2.39. The lowest BCUT2D eigenvalue weighted by Gasteiger charge is -2.21. The van der Waals surface area contributed by atoms with E-state index in [4.69, 9.17) is 4.74 Å². The molecule has 1 aliphatic carbocycles. The van der Waals surface area contributed by atoms with Gasteiger partial charge in [-0.1, -0.05) is 57.6 Å². The number of esters is 2. The van der Waals surface area contributed by atoms with Gasteiger partial charge in [0, 0.05) is 25.7 Å². The van der Waals surface area contributed by atoms with Gasteiger partial charge >= 0.3 is 11.9 Å². The molecule has 0 saturated heterocycles. The van der Waals surface area contributed by atoms with Gasteiger partial charge in [-0.05, 0) is 25.2 Å². The predicted octanol–water partition coefficient (Wildman–Crippen LogP) is 2.65. The smallest absolute Gasteiger partial charge is 0.305 e. The van der Waals surface area contributed by atoms with E-state index in [1.54, 1.807) is 6.08 Å². The van der Waals surface area contributed by atoms with Crippen molar-refractivity contribution in [3.63, 3.8) is 0 Å². The molecule has 0 radical (unpaired) electrons. The summed E-state index contributed by atoms with van der Waals surface area (Å²) >= 11 is 0. The Balaban J connectivity index is 2.23. The van der Waals surface area contributed by atoms with Crippen LogP contribution < -0.4 is 0 Å². The number of carbonyl (C=O) groups excluding carboxylic acids is 2. The quantitative estimate of drug-likeness (QED) is 0.144. The Bertz CT molecular complexity index is 579. The van der Waals surface area contributed by atoms with E-state index in [2.05, 4.69) is 11.7 Å². The number of ether oxygens (including phenoxy) is 2. The largest absolute Gasteiger partial charge is 0.463 e. The summed E-state index contributed by atoms with van der Waals surface area (Å²) in [4.78, 5) is 22.4. The molecule has 1 aliphatic rings. The molecule has 0 bridgehead atoms. The van der Waals surface area contributed by atoms with Crippen molar-refractivity contribution in [1.82, 2.24) is 0 Å². The highest BCUT2D eigenvalue weighted by molar-refractivity contribution is 5.69. The lowest BCUT2D eigenvalue weighted by atomic mass is 9.88. The number of aliphatic hydroxyl groups is 4. The summed E-state index contributed by atoms with van der Waals surface area (Å²) in [6.07, 6.45) is 9.57. The summed E-state index contributed by atoms with van der Waals surface area (Å²) < 4.78 is 9.61. The number of hydrogen-bond donors (Lipinski definition) is 4. The molecule has 192 valence electrons. The fourth-order valence-electron chi connectivity index (χ4n) is 4.26. The van der Waals surface area contributed by atoms with Crippen molar-refractivity contribution in [2.75, 3.05) is 13.2 Å². The Labute approximate surface area is 198 Å². The SMILES string of the molecule is CCCCC[C@H](O)/C=C/[C@@H]1[C@@H](CCCCCCC(=O)OC[C@H](O)COC(C)=O)[C@@H](O)C[C@H]1O. The van der Waals surface area contributed by atoms with Gasteiger partial charge in [-0.2, -0.15) is 0 Å². The Hall–Kier alpha value is -1.48. The fourth-order valence-corrected chi connectivity index (χ4v) is 4.26. The lowest BCUT2D eigenvalue weighted by Crippen LogP contribution is -2.24. The van der Waals surface area contributed by atoms with Crippen LogP contribution >= 0.6 is 0 Å². The first-order valence-corrected chi connectivity index (χ1v) is 12.4. The van der Waals surface area contributed by atoms with Gasteiger partial charge in [0.25, 0.3) is 0 Å². The Morgan fingerprint density at radius 1 is 0.970 bits per heavy atom. The number of carbonyl (C=O) groups is 2. The van der Waals surface area contributed by atoms with Crippen LogP contribution in [0.25, 0.3) is 0 Å². The number of rotatable bonds is 17. The molecule has 8 heteroatoms. The van der Waals surface area contributed by atoms with E-state index in [1.807, 2.05) is 6.08 Å². The minimum atomic E-state index is -1.02. The van der Waals surface area contributed by atoms with Gasteiger partial charge in [-0.15, -0.1) is 0 Å². The molecule has 0 spiro atoms. The summed E-state index contributed by atoms with van der Waals surface area (Å²) in [7, 11) is 0. The molecule has 0 amide bonds. The third-order valence-corrected chi connectivity index (χ3v) is 6.16. The molecule has 6 atom stereocenters. The lowest BCUT2D eigenvalue weighted by molar-refractivity contribution is -0.151. The van der Waals surface area contributed by atoms with Crippen molar-refractivity contribution in [3.05, 3.63) is 12.2 Å². The third kappa shape index (κ3) is 13.1. The van der Waals surface area contributed by atoms with E-state index >= 15 is 0 Å². The molecular weight excluding hydrogens is 428 g/mol. The minimum absolute atomic E-state index is 0.0252. The second-order valence-electron chi connectivity index (χ2n) is 9.15. The van der Waals surface area contributed by atoms with Crippen LogP contribution in [0.2, 0.25) is 0 Å². The van der Waals surface area contributed by atoms with Crippen LogP contribution in [0.5, 0.6) is 0 Å². The van der Waals surface area contributed by atoms with Gasteiger partial charge in [0.05, 0.1) is 18.3 Å². The van der Waals surface area contributed by atoms with Crippen LogP contribution in [0.15, 0.2) is 12.2 Å². The van der Waals surface area contributed by atoms with Gasteiger partial charge in [-0.3, -0.25) is 9.59 Å². The van der Waals surface area contributed by atoms with E-state index in [0.717, 1.165) is 44.9 Å². The van der Waals surface area contributed by atoms with Gasteiger partial charge in [0.1, 0.15) is 19.3 Å². The van der Waals surface area contributed by atoms with E-state index in [0.29, 0.717) is 19.3 Å². The molecule has 0 aromatic heterocycles. The van der Waals surface area contributed by atoms with Crippen molar-refractivity contribution in [2.24, 2.45) is 11.8 Å². The molecule has 8 nitrogen and oxygen atoms in total. The Kier molecular flexibility index (Phi) is 15.2. The maximum absolute atomic E-state index is 11.7. The Morgan fingerprint density at radius 3 is 2.36 bits per heavy atom. The molecule has 1 fully saturated rings. The first-order chi connectivity index (χ1) is 15.7.